The minimum Gasteiger partial charge on any atom is -0.370 e. The smallest absolute Gasteiger partial charge is 0.224 e. The van der Waals surface area contributed by atoms with Gasteiger partial charge in [-0.05, 0) is 30.5 Å². The van der Waals surface area contributed by atoms with E-state index in [1.54, 1.807) is 0 Å². The molecule has 0 aromatic heterocycles. The van der Waals surface area contributed by atoms with Crippen LogP contribution in [0.4, 0.5) is 0 Å². The van der Waals surface area contributed by atoms with Crippen molar-refractivity contribution in [1.29, 1.82) is 0 Å². The molecule has 0 saturated carbocycles. The third kappa shape index (κ3) is 5.07. The molecule has 2 saturated heterocycles. The Bertz CT molecular complexity index is 904. The lowest BCUT2D eigenvalue weighted by atomic mass is 9.95. The molecule has 164 valence electrons. The molecule has 31 heavy (non-hydrogen) atoms. The third-order valence-corrected chi connectivity index (χ3v) is 5.41. The van der Waals surface area contributed by atoms with E-state index in [1.165, 1.54) is 0 Å². The van der Waals surface area contributed by atoms with Gasteiger partial charge < -0.3 is 23.7 Å². The van der Waals surface area contributed by atoms with Crippen molar-refractivity contribution < 1.29 is 23.7 Å². The molecule has 8 nitrogen and oxygen atoms in total. The standard InChI is InChI=1S/C23H27N3O5/c1-22(2)30-16-23(31-22)21(28-14-18-11-7-4-8-12-18)20(19(15-29-23)25-26-24)27-13-17-9-5-3-6-10-17/h3-12,19-21H,13-16H2,1-2H3/t19-,20-,21-,23+/m1/s1. The van der Waals surface area contributed by atoms with E-state index in [0.29, 0.717) is 13.2 Å². The molecule has 0 aliphatic carbocycles. The number of nitrogens with zero attached hydrogens (tertiary/aromatic N) is 3. The summed E-state index contributed by atoms with van der Waals surface area (Å²) in [5.41, 5.74) is 11.1. The van der Waals surface area contributed by atoms with E-state index in [2.05, 4.69) is 10.0 Å². The van der Waals surface area contributed by atoms with Gasteiger partial charge in [-0.15, -0.1) is 0 Å². The van der Waals surface area contributed by atoms with Gasteiger partial charge in [-0.25, -0.2) is 0 Å². The van der Waals surface area contributed by atoms with E-state index >= 15 is 0 Å². The van der Waals surface area contributed by atoms with Gasteiger partial charge in [-0.1, -0.05) is 65.8 Å². The topological polar surface area (TPSA) is 94.9 Å². The van der Waals surface area contributed by atoms with E-state index in [9.17, 15) is 0 Å². The number of hydrogen-bond acceptors (Lipinski definition) is 6. The maximum absolute atomic E-state index is 9.11. The molecule has 2 aromatic carbocycles. The van der Waals surface area contributed by atoms with E-state index in [0.717, 1.165) is 11.1 Å². The molecule has 2 aliphatic rings. The van der Waals surface area contributed by atoms with E-state index in [4.69, 9.17) is 29.2 Å². The molecule has 0 unspecified atom stereocenters. The van der Waals surface area contributed by atoms with Crippen LogP contribution in [-0.2, 0) is 36.9 Å². The molecule has 8 heteroatoms. The van der Waals surface area contributed by atoms with Crippen molar-refractivity contribution >= 4 is 0 Å². The quantitative estimate of drug-likeness (QED) is 0.373. The van der Waals surface area contributed by atoms with Gasteiger partial charge in [0, 0.05) is 4.91 Å². The molecule has 4 rings (SSSR count). The molecule has 2 aromatic rings. The summed E-state index contributed by atoms with van der Waals surface area (Å²) in [6.07, 6.45) is -1.24. The molecule has 4 atom stereocenters. The van der Waals surface area contributed by atoms with Crippen LogP contribution in [0.3, 0.4) is 0 Å². The number of benzene rings is 2. The van der Waals surface area contributed by atoms with Crippen LogP contribution >= 0.6 is 0 Å². The average Bonchev–Trinajstić information content (AvgIpc) is 3.09. The van der Waals surface area contributed by atoms with E-state index < -0.39 is 29.8 Å². The zero-order valence-corrected chi connectivity index (χ0v) is 17.7. The van der Waals surface area contributed by atoms with Crippen LogP contribution in [0.15, 0.2) is 65.8 Å². The largest absolute Gasteiger partial charge is 0.370 e. The van der Waals surface area contributed by atoms with Crippen LogP contribution in [0, 0.1) is 0 Å². The third-order valence-electron chi connectivity index (χ3n) is 5.41. The minimum absolute atomic E-state index is 0.147. The zero-order valence-electron chi connectivity index (χ0n) is 17.7. The van der Waals surface area contributed by atoms with Crippen molar-refractivity contribution in [3.63, 3.8) is 0 Å². The first-order valence-electron chi connectivity index (χ1n) is 10.3. The summed E-state index contributed by atoms with van der Waals surface area (Å²) in [6.45, 7) is 4.67. The predicted octanol–water partition coefficient (Wildman–Crippen LogP) is 4.35. The highest BCUT2D eigenvalue weighted by Crippen LogP contribution is 2.41. The molecule has 0 N–H and O–H groups in total. The van der Waals surface area contributed by atoms with Crippen molar-refractivity contribution in [2.75, 3.05) is 13.2 Å². The van der Waals surface area contributed by atoms with Gasteiger partial charge in [0.2, 0.25) is 5.79 Å². The van der Waals surface area contributed by atoms with Gasteiger partial charge in [0.15, 0.2) is 5.79 Å². The van der Waals surface area contributed by atoms with Gasteiger partial charge >= 0.3 is 0 Å². The fourth-order valence-electron chi connectivity index (χ4n) is 3.93. The molecule has 0 radical (unpaired) electrons. The van der Waals surface area contributed by atoms with E-state index in [-0.39, 0.29) is 13.2 Å². The Labute approximate surface area is 181 Å². The van der Waals surface area contributed by atoms with Crippen LogP contribution < -0.4 is 0 Å². The molecular formula is C23H27N3O5. The Morgan fingerprint density at radius 2 is 1.58 bits per heavy atom. The first kappa shape index (κ1) is 21.8. The molecule has 2 aliphatic heterocycles. The summed E-state index contributed by atoms with van der Waals surface area (Å²) in [7, 11) is 0. The zero-order chi connectivity index (χ0) is 21.7. The Morgan fingerprint density at radius 3 is 2.13 bits per heavy atom. The van der Waals surface area contributed by atoms with Crippen LogP contribution in [0.25, 0.3) is 10.4 Å². The first-order chi connectivity index (χ1) is 15.0. The lowest BCUT2D eigenvalue weighted by Crippen LogP contribution is -2.63. The van der Waals surface area contributed by atoms with Gasteiger partial charge in [0.1, 0.15) is 18.8 Å². The SMILES string of the molecule is CC1(C)OC[C@]2(OC[C@@H](N=[N+]=[N-])[C@@H](OCc3ccccc3)[C@H]2OCc2ccccc2)O1. The fourth-order valence-corrected chi connectivity index (χ4v) is 3.93. The van der Waals surface area contributed by atoms with E-state index in [1.807, 2.05) is 74.5 Å². The molecular weight excluding hydrogens is 398 g/mol. The van der Waals surface area contributed by atoms with Gasteiger partial charge in [-0.3, -0.25) is 0 Å². The fraction of sp³-hybridized carbons (Fsp3) is 0.478. The summed E-state index contributed by atoms with van der Waals surface area (Å²) in [5, 5.41) is 3.93. The van der Waals surface area contributed by atoms with Crippen molar-refractivity contribution in [2.24, 2.45) is 5.11 Å². The summed E-state index contributed by atoms with van der Waals surface area (Å²) in [4.78, 5) is 3.00. The summed E-state index contributed by atoms with van der Waals surface area (Å²) < 4.78 is 30.8. The highest BCUT2D eigenvalue weighted by molar-refractivity contribution is 5.15. The number of azide groups is 1. The lowest BCUT2D eigenvalue weighted by molar-refractivity contribution is -0.338. The summed E-state index contributed by atoms with van der Waals surface area (Å²) >= 11 is 0. The lowest BCUT2D eigenvalue weighted by Gasteiger charge is -2.46. The van der Waals surface area contributed by atoms with Crippen LogP contribution in [0.1, 0.15) is 25.0 Å². The first-order valence-corrected chi connectivity index (χ1v) is 10.3. The van der Waals surface area contributed by atoms with Gasteiger partial charge in [-0.2, -0.15) is 0 Å². The van der Waals surface area contributed by atoms with Crippen LogP contribution in [0.2, 0.25) is 0 Å². The predicted molar refractivity (Wildman–Crippen MR) is 113 cm³/mol. The second kappa shape index (κ2) is 9.36. The Balaban J connectivity index is 1.61. The maximum Gasteiger partial charge on any atom is 0.224 e. The molecule has 2 heterocycles. The molecule has 1 spiro atoms. The highest BCUT2D eigenvalue weighted by atomic mass is 16.8. The van der Waals surface area contributed by atoms with Crippen LogP contribution in [-0.4, -0.2) is 43.0 Å². The Morgan fingerprint density at radius 1 is 0.968 bits per heavy atom. The number of hydrogen-bond donors (Lipinski definition) is 0. The monoisotopic (exact) mass is 425 g/mol. The number of ether oxygens (including phenoxy) is 5. The normalized spacial score (nSPS) is 29.5. The van der Waals surface area contributed by atoms with Gasteiger partial charge in [0.25, 0.3) is 0 Å². The average molecular weight is 425 g/mol. The highest BCUT2D eigenvalue weighted by Gasteiger charge is 2.59. The Hall–Kier alpha value is -2.45. The number of rotatable bonds is 7. The van der Waals surface area contributed by atoms with Crippen molar-refractivity contribution in [1.82, 2.24) is 0 Å². The van der Waals surface area contributed by atoms with Crippen molar-refractivity contribution in [3.8, 4) is 0 Å². The molecule has 2 fully saturated rings. The summed E-state index contributed by atoms with van der Waals surface area (Å²) in [6, 6.07) is 19.1. The molecule has 0 bridgehead atoms. The van der Waals surface area contributed by atoms with Crippen molar-refractivity contribution in [3.05, 3.63) is 82.2 Å². The Kier molecular flexibility index (Phi) is 6.57. The second-order valence-electron chi connectivity index (χ2n) is 8.16. The van der Waals surface area contributed by atoms with Crippen molar-refractivity contribution in [2.45, 2.75) is 56.9 Å². The maximum atomic E-state index is 9.11. The van der Waals surface area contributed by atoms with Crippen LogP contribution in [0.5, 0.6) is 0 Å². The minimum atomic E-state index is -1.15. The molecule has 0 amide bonds. The summed E-state index contributed by atoms with van der Waals surface area (Å²) in [5.74, 6) is -1.98. The van der Waals surface area contributed by atoms with Gasteiger partial charge in [0.05, 0.1) is 25.9 Å². The second-order valence-corrected chi connectivity index (χ2v) is 8.16.